The van der Waals surface area contributed by atoms with Gasteiger partial charge in [0.15, 0.2) is 0 Å². The highest BCUT2D eigenvalue weighted by Gasteiger charge is 2.40. The fourth-order valence-corrected chi connectivity index (χ4v) is 4.25. The highest BCUT2D eigenvalue weighted by atomic mass is 32.2. The zero-order valence-electron chi connectivity index (χ0n) is 15.6. The van der Waals surface area contributed by atoms with Gasteiger partial charge in [-0.2, -0.15) is 5.26 Å². The Kier molecular flexibility index (Phi) is 5.47. The number of amides is 3. The Labute approximate surface area is 166 Å². The first-order valence-electron chi connectivity index (χ1n) is 8.59. The Morgan fingerprint density at radius 3 is 2.57 bits per heavy atom. The Balaban J connectivity index is 1.83. The van der Waals surface area contributed by atoms with E-state index in [0.717, 1.165) is 27.9 Å². The summed E-state index contributed by atoms with van der Waals surface area (Å²) in [5.41, 5.74) is 3.00. The molecule has 0 spiro atoms. The van der Waals surface area contributed by atoms with Crippen molar-refractivity contribution in [2.75, 3.05) is 10.2 Å². The van der Waals surface area contributed by atoms with E-state index >= 15 is 0 Å². The van der Waals surface area contributed by atoms with Gasteiger partial charge in [0, 0.05) is 24.7 Å². The third-order valence-electron chi connectivity index (χ3n) is 4.23. The van der Waals surface area contributed by atoms with Crippen molar-refractivity contribution in [2.24, 2.45) is 0 Å². The largest absolute Gasteiger partial charge is 0.326 e. The number of pyridine rings is 1. The van der Waals surface area contributed by atoms with Gasteiger partial charge < -0.3 is 5.32 Å². The second-order valence-electron chi connectivity index (χ2n) is 6.48. The van der Waals surface area contributed by atoms with Gasteiger partial charge in [0.2, 0.25) is 17.7 Å². The van der Waals surface area contributed by atoms with Crippen molar-refractivity contribution in [3.05, 3.63) is 47.2 Å². The smallest absolute Gasteiger partial charge is 0.247 e. The fraction of sp³-hybridized carbons (Fsp3) is 0.250. The van der Waals surface area contributed by atoms with E-state index in [9.17, 15) is 19.6 Å². The van der Waals surface area contributed by atoms with Crippen LogP contribution in [0.2, 0.25) is 0 Å². The third-order valence-corrected chi connectivity index (χ3v) is 5.40. The van der Waals surface area contributed by atoms with Crippen molar-refractivity contribution in [1.82, 2.24) is 4.98 Å². The summed E-state index contributed by atoms with van der Waals surface area (Å²) in [4.78, 5) is 42.0. The average molecular weight is 394 g/mol. The first-order chi connectivity index (χ1) is 13.3. The van der Waals surface area contributed by atoms with Gasteiger partial charge in [0.1, 0.15) is 11.1 Å². The van der Waals surface area contributed by atoms with Crippen LogP contribution >= 0.6 is 11.8 Å². The number of nitrogens with zero attached hydrogens (tertiary/aromatic N) is 3. The van der Waals surface area contributed by atoms with E-state index in [2.05, 4.69) is 16.4 Å². The maximum absolute atomic E-state index is 12.9. The Morgan fingerprint density at radius 2 is 1.96 bits per heavy atom. The molecule has 1 fully saturated rings. The maximum atomic E-state index is 12.9. The molecule has 3 rings (SSSR count). The normalized spacial score (nSPS) is 16.2. The monoisotopic (exact) mass is 394 g/mol. The molecular weight excluding hydrogens is 376 g/mol. The van der Waals surface area contributed by atoms with E-state index in [-0.39, 0.29) is 24.1 Å². The minimum absolute atomic E-state index is 0.0382. The number of aryl methyl sites for hydroxylation is 2. The zero-order valence-corrected chi connectivity index (χ0v) is 16.5. The Bertz CT molecular complexity index is 1010. The lowest BCUT2D eigenvalue weighted by Gasteiger charge is -2.16. The summed E-state index contributed by atoms with van der Waals surface area (Å²) in [5.74, 6) is -0.850. The standard InChI is InChI=1S/C20H18N4O3S/c1-11-8-12(2)22-19(16(11)10-21)28-17-9-18(26)24(20(17)27)15-6-4-14(5-7-15)23-13(3)25/h4-8,17H,9H2,1-3H3,(H,23,25)/t17-/m0/s1. The number of rotatable bonds is 4. The third kappa shape index (κ3) is 3.89. The van der Waals surface area contributed by atoms with Crippen LogP contribution in [0.3, 0.4) is 0 Å². The van der Waals surface area contributed by atoms with E-state index in [1.54, 1.807) is 24.3 Å². The lowest BCUT2D eigenvalue weighted by molar-refractivity contribution is -0.121. The summed E-state index contributed by atoms with van der Waals surface area (Å²) in [7, 11) is 0. The number of hydrogen-bond acceptors (Lipinski definition) is 6. The summed E-state index contributed by atoms with van der Waals surface area (Å²) in [5, 5.41) is 11.9. The number of thioether (sulfide) groups is 1. The zero-order chi connectivity index (χ0) is 20.4. The van der Waals surface area contributed by atoms with Crippen molar-refractivity contribution in [3.63, 3.8) is 0 Å². The number of carbonyl (C=O) groups excluding carboxylic acids is 3. The molecule has 0 aliphatic carbocycles. The fourth-order valence-electron chi connectivity index (χ4n) is 3.02. The molecule has 1 aromatic carbocycles. The van der Waals surface area contributed by atoms with E-state index < -0.39 is 5.25 Å². The van der Waals surface area contributed by atoms with Crippen molar-refractivity contribution >= 4 is 40.9 Å². The van der Waals surface area contributed by atoms with Crippen LogP contribution in [-0.2, 0) is 14.4 Å². The second-order valence-corrected chi connectivity index (χ2v) is 7.67. The molecule has 0 radical (unpaired) electrons. The number of carbonyl (C=O) groups is 3. The van der Waals surface area contributed by atoms with Crippen LogP contribution in [0, 0.1) is 25.2 Å². The minimum atomic E-state index is -0.636. The number of hydrogen-bond donors (Lipinski definition) is 1. The van der Waals surface area contributed by atoms with Crippen LogP contribution in [0.5, 0.6) is 0 Å². The molecular formula is C20H18N4O3S. The number of nitrogens with one attached hydrogen (secondary N) is 1. The first kappa shape index (κ1) is 19.6. The molecule has 1 aliphatic rings. The van der Waals surface area contributed by atoms with Crippen molar-refractivity contribution < 1.29 is 14.4 Å². The van der Waals surface area contributed by atoms with Crippen LogP contribution in [0.4, 0.5) is 11.4 Å². The molecule has 0 unspecified atom stereocenters. The van der Waals surface area contributed by atoms with E-state index in [1.807, 2.05) is 19.9 Å². The molecule has 2 aromatic rings. The van der Waals surface area contributed by atoms with Gasteiger partial charge in [-0.25, -0.2) is 9.88 Å². The Hall–Kier alpha value is -3.18. The van der Waals surface area contributed by atoms with Gasteiger partial charge in [-0.15, -0.1) is 0 Å². The van der Waals surface area contributed by atoms with E-state index in [0.29, 0.717) is 22.0 Å². The SMILES string of the molecule is CC(=O)Nc1ccc(N2C(=O)C[C@H](Sc3nc(C)cc(C)c3C#N)C2=O)cc1. The molecule has 1 saturated heterocycles. The van der Waals surface area contributed by atoms with Gasteiger partial charge in [0.05, 0.1) is 16.5 Å². The van der Waals surface area contributed by atoms with E-state index in [4.69, 9.17) is 0 Å². The van der Waals surface area contributed by atoms with Crippen LogP contribution in [-0.4, -0.2) is 28.0 Å². The number of nitriles is 1. The molecule has 1 atom stereocenters. The summed E-state index contributed by atoms with van der Waals surface area (Å²) in [6.07, 6.45) is 0.0382. The molecule has 0 saturated carbocycles. The summed E-state index contributed by atoms with van der Waals surface area (Å²) >= 11 is 1.15. The van der Waals surface area contributed by atoms with E-state index in [1.165, 1.54) is 6.92 Å². The molecule has 1 N–H and O–H groups in total. The number of aromatic nitrogens is 1. The maximum Gasteiger partial charge on any atom is 0.247 e. The molecule has 2 heterocycles. The van der Waals surface area contributed by atoms with Crippen molar-refractivity contribution in [1.29, 1.82) is 5.26 Å². The Morgan fingerprint density at radius 1 is 1.29 bits per heavy atom. The highest BCUT2D eigenvalue weighted by Crippen LogP contribution is 2.35. The summed E-state index contributed by atoms with van der Waals surface area (Å²) in [6.45, 7) is 5.05. The summed E-state index contributed by atoms with van der Waals surface area (Å²) < 4.78 is 0. The van der Waals surface area contributed by atoms with Gasteiger partial charge >= 0.3 is 0 Å². The van der Waals surface area contributed by atoms with Crippen LogP contribution in [0.25, 0.3) is 0 Å². The average Bonchev–Trinajstić information content (AvgIpc) is 2.88. The second kappa shape index (κ2) is 7.82. The van der Waals surface area contributed by atoms with Crippen LogP contribution in [0.15, 0.2) is 35.4 Å². The molecule has 1 aliphatic heterocycles. The van der Waals surface area contributed by atoms with Gasteiger partial charge in [0.25, 0.3) is 0 Å². The van der Waals surface area contributed by atoms with Gasteiger partial charge in [-0.3, -0.25) is 14.4 Å². The van der Waals surface area contributed by atoms with Gasteiger partial charge in [-0.05, 0) is 49.7 Å². The molecule has 1 aromatic heterocycles. The molecule has 28 heavy (non-hydrogen) atoms. The predicted octanol–water partition coefficient (Wildman–Crippen LogP) is 2.95. The molecule has 7 nitrogen and oxygen atoms in total. The van der Waals surface area contributed by atoms with Crippen molar-refractivity contribution in [3.8, 4) is 6.07 Å². The first-order valence-corrected chi connectivity index (χ1v) is 9.47. The lowest BCUT2D eigenvalue weighted by atomic mass is 10.1. The minimum Gasteiger partial charge on any atom is -0.326 e. The quantitative estimate of drug-likeness (QED) is 0.800. The molecule has 142 valence electrons. The molecule has 8 heteroatoms. The number of imide groups is 1. The lowest BCUT2D eigenvalue weighted by Crippen LogP contribution is -2.31. The summed E-state index contributed by atoms with van der Waals surface area (Å²) in [6, 6.07) is 10.4. The molecule has 0 bridgehead atoms. The number of anilines is 2. The van der Waals surface area contributed by atoms with Gasteiger partial charge in [-0.1, -0.05) is 11.8 Å². The highest BCUT2D eigenvalue weighted by molar-refractivity contribution is 8.00. The van der Waals surface area contributed by atoms with Crippen molar-refractivity contribution in [2.45, 2.75) is 37.5 Å². The van der Waals surface area contributed by atoms with Crippen LogP contribution in [0.1, 0.15) is 30.2 Å². The number of benzene rings is 1. The topological polar surface area (TPSA) is 103 Å². The van der Waals surface area contributed by atoms with Crippen LogP contribution < -0.4 is 10.2 Å². The predicted molar refractivity (Wildman–Crippen MR) is 106 cm³/mol. The molecule has 3 amide bonds.